The Hall–Kier alpha value is -0.800. The largest absolute Gasteiger partial charge is 0.354 e. The van der Waals surface area contributed by atoms with Crippen LogP contribution in [-0.2, 0) is 0 Å². The van der Waals surface area contributed by atoms with Crippen molar-refractivity contribution in [2.24, 2.45) is 0 Å². The third-order valence-corrected chi connectivity index (χ3v) is 4.76. The lowest BCUT2D eigenvalue weighted by molar-refractivity contribution is 0.804. The van der Waals surface area contributed by atoms with Gasteiger partial charge >= 0.3 is 0 Å². The van der Waals surface area contributed by atoms with Crippen molar-refractivity contribution in [3.63, 3.8) is 0 Å². The van der Waals surface area contributed by atoms with Crippen LogP contribution < -0.4 is 5.32 Å². The molecule has 2 aromatic rings. The first-order chi connectivity index (χ1) is 6.90. The topological polar surface area (TPSA) is 12.0 Å². The summed E-state index contributed by atoms with van der Waals surface area (Å²) in [4.78, 5) is 3.00. The summed E-state index contributed by atoms with van der Waals surface area (Å²) in [6.07, 6.45) is 1.20. The Morgan fingerprint density at radius 3 is 2.21 bits per heavy atom. The molecule has 3 rings (SSSR count). The molecular weight excluding hydrogens is 210 g/mol. The third kappa shape index (κ3) is 1.06. The fraction of sp³-hybridized carbons (Fsp3) is 0.273. The van der Waals surface area contributed by atoms with Crippen LogP contribution in [0.3, 0.4) is 0 Å². The van der Waals surface area contributed by atoms with Gasteiger partial charge in [-0.1, -0.05) is 6.92 Å². The molecule has 0 bridgehead atoms. The Labute approximate surface area is 91.4 Å². The fourth-order valence-electron chi connectivity index (χ4n) is 2.02. The van der Waals surface area contributed by atoms with Crippen LogP contribution in [0.2, 0.25) is 0 Å². The normalized spacial score (nSPS) is 14.6. The van der Waals surface area contributed by atoms with Crippen LogP contribution in [0, 0.1) is 0 Å². The molecular formula is C11H11NS2. The van der Waals surface area contributed by atoms with Crippen LogP contribution >= 0.6 is 22.7 Å². The SMILES string of the molecule is CCC1c2sccc2Nc2ccsc21. The van der Waals surface area contributed by atoms with Crippen LogP contribution in [0.5, 0.6) is 0 Å². The second-order valence-electron chi connectivity index (χ2n) is 3.48. The molecule has 0 saturated carbocycles. The highest BCUT2D eigenvalue weighted by molar-refractivity contribution is 7.12. The zero-order valence-corrected chi connectivity index (χ0v) is 9.54. The lowest BCUT2D eigenvalue weighted by Crippen LogP contribution is -2.06. The summed E-state index contributed by atoms with van der Waals surface area (Å²) >= 11 is 3.74. The summed E-state index contributed by atoms with van der Waals surface area (Å²) < 4.78 is 0. The zero-order valence-electron chi connectivity index (χ0n) is 7.91. The predicted octanol–water partition coefficient (Wildman–Crippen LogP) is 4.41. The maximum atomic E-state index is 3.49. The molecule has 2 aromatic heterocycles. The van der Waals surface area contributed by atoms with Crippen molar-refractivity contribution < 1.29 is 0 Å². The number of anilines is 2. The van der Waals surface area contributed by atoms with Crippen molar-refractivity contribution in [2.45, 2.75) is 19.3 Å². The molecule has 3 heteroatoms. The molecule has 1 N–H and O–H groups in total. The Kier molecular flexibility index (Phi) is 1.89. The molecule has 72 valence electrons. The van der Waals surface area contributed by atoms with Gasteiger partial charge < -0.3 is 5.32 Å². The molecule has 0 atom stereocenters. The summed E-state index contributed by atoms with van der Waals surface area (Å²) in [7, 11) is 0. The number of rotatable bonds is 1. The molecule has 14 heavy (non-hydrogen) atoms. The van der Waals surface area contributed by atoms with E-state index in [1.807, 2.05) is 22.7 Å². The molecule has 0 amide bonds. The van der Waals surface area contributed by atoms with E-state index in [9.17, 15) is 0 Å². The fourth-order valence-corrected chi connectivity index (χ4v) is 4.19. The van der Waals surface area contributed by atoms with Gasteiger partial charge in [-0.2, -0.15) is 0 Å². The van der Waals surface area contributed by atoms with E-state index >= 15 is 0 Å². The van der Waals surface area contributed by atoms with Gasteiger partial charge in [-0.05, 0) is 29.3 Å². The Bertz CT molecular complexity index is 415. The number of hydrogen-bond donors (Lipinski definition) is 1. The summed E-state index contributed by atoms with van der Waals surface area (Å²) in [6, 6.07) is 4.37. The van der Waals surface area contributed by atoms with Gasteiger partial charge in [-0.3, -0.25) is 0 Å². The van der Waals surface area contributed by atoms with Crippen LogP contribution in [0.4, 0.5) is 11.4 Å². The van der Waals surface area contributed by atoms with Crippen LogP contribution in [0.25, 0.3) is 0 Å². The zero-order chi connectivity index (χ0) is 9.54. The van der Waals surface area contributed by atoms with E-state index in [-0.39, 0.29) is 0 Å². The standard InChI is InChI=1S/C11H11NS2/c1-2-7-10-8(3-5-13-10)12-9-4-6-14-11(7)9/h3-7,12H,2H2,1H3. The van der Waals surface area contributed by atoms with Crippen LogP contribution in [0.15, 0.2) is 22.9 Å². The van der Waals surface area contributed by atoms with Crippen LogP contribution in [0.1, 0.15) is 29.0 Å². The van der Waals surface area contributed by atoms with E-state index in [1.165, 1.54) is 27.5 Å². The van der Waals surface area contributed by atoms with Crippen molar-refractivity contribution >= 4 is 34.0 Å². The minimum absolute atomic E-state index is 0.626. The highest BCUT2D eigenvalue weighted by Crippen LogP contribution is 2.47. The average Bonchev–Trinajstić information content (AvgIpc) is 2.80. The van der Waals surface area contributed by atoms with Gasteiger partial charge in [0, 0.05) is 15.7 Å². The molecule has 1 nitrogen and oxygen atoms in total. The van der Waals surface area contributed by atoms with Crippen molar-refractivity contribution in [3.8, 4) is 0 Å². The third-order valence-electron chi connectivity index (χ3n) is 2.70. The van der Waals surface area contributed by atoms with E-state index < -0.39 is 0 Å². The van der Waals surface area contributed by atoms with Crippen molar-refractivity contribution in [1.82, 2.24) is 0 Å². The minimum Gasteiger partial charge on any atom is -0.354 e. The summed E-state index contributed by atoms with van der Waals surface area (Å²) in [5, 5.41) is 7.84. The van der Waals surface area contributed by atoms with E-state index in [0.29, 0.717) is 5.92 Å². The molecule has 0 spiro atoms. The molecule has 0 fully saturated rings. The maximum Gasteiger partial charge on any atom is 0.0532 e. The predicted molar refractivity (Wildman–Crippen MR) is 64.1 cm³/mol. The molecule has 0 saturated heterocycles. The first kappa shape index (κ1) is 8.50. The van der Waals surface area contributed by atoms with Crippen LogP contribution in [-0.4, -0.2) is 0 Å². The van der Waals surface area contributed by atoms with Gasteiger partial charge in [0.25, 0.3) is 0 Å². The Morgan fingerprint density at radius 2 is 1.71 bits per heavy atom. The molecule has 0 aromatic carbocycles. The quantitative estimate of drug-likeness (QED) is 0.752. The smallest absolute Gasteiger partial charge is 0.0532 e. The van der Waals surface area contributed by atoms with Crippen molar-refractivity contribution in [2.75, 3.05) is 5.32 Å². The van der Waals surface area contributed by atoms with Gasteiger partial charge in [0.1, 0.15) is 0 Å². The summed E-state index contributed by atoms with van der Waals surface area (Å²) in [5.41, 5.74) is 2.63. The van der Waals surface area contributed by atoms with Gasteiger partial charge in [0.15, 0.2) is 0 Å². The molecule has 0 unspecified atom stereocenters. The van der Waals surface area contributed by atoms with E-state index in [2.05, 4.69) is 35.1 Å². The summed E-state index contributed by atoms with van der Waals surface area (Å²) in [5.74, 6) is 0.626. The maximum absolute atomic E-state index is 3.49. The molecule has 3 heterocycles. The lowest BCUT2D eigenvalue weighted by atomic mass is 9.97. The highest BCUT2D eigenvalue weighted by Gasteiger charge is 2.25. The second kappa shape index (κ2) is 3.11. The van der Waals surface area contributed by atoms with Crippen molar-refractivity contribution in [3.05, 3.63) is 32.6 Å². The average molecular weight is 221 g/mol. The van der Waals surface area contributed by atoms with Gasteiger partial charge in [0.05, 0.1) is 11.4 Å². The van der Waals surface area contributed by atoms with Crippen molar-refractivity contribution in [1.29, 1.82) is 0 Å². The number of fused-ring (bicyclic) bond motifs is 2. The first-order valence-corrected chi connectivity index (χ1v) is 6.58. The molecule has 0 aliphatic carbocycles. The Balaban J connectivity index is 2.18. The number of hydrogen-bond acceptors (Lipinski definition) is 3. The molecule has 0 radical (unpaired) electrons. The number of nitrogens with one attached hydrogen (secondary N) is 1. The first-order valence-electron chi connectivity index (χ1n) is 4.82. The summed E-state index contributed by atoms with van der Waals surface area (Å²) in [6.45, 7) is 2.27. The van der Waals surface area contributed by atoms with E-state index in [0.717, 1.165) is 0 Å². The van der Waals surface area contributed by atoms with E-state index in [1.54, 1.807) is 0 Å². The molecule has 1 aliphatic rings. The lowest BCUT2D eigenvalue weighted by Gasteiger charge is -2.22. The monoisotopic (exact) mass is 221 g/mol. The van der Waals surface area contributed by atoms with E-state index in [4.69, 9.17) is 0 Å². The van der Waals surface area contributed by atoms with Gasteiger partial charge in [0.2, 0.25) is 0 Å². The minimum atomic E-state index is 0.626. The molecule has 1 aliphatic heterocycles. The second-order valence-corrected chi connectivity index (χ2v) is 5.38. The van der Waals surface area contributed by atoms with Gasteiger partial charge in [-0.15, -0.1) is 22.7 Å². The Morgan fingerprint density at radius 1 is 1.14 bits per heavy atom. The highest BCUT2D eigenvalue weighted by atomic mass is 32.1. The van der Waals surface area contributed by atoms with Gasteiger partial charge in [-0.25, -0.2) is 0 Å². The number of thiophene rings is 2.